The van der Waals surface area contributed by atoms with Gasteiger partial charge in [0.25, 0.3) is 0 Å². The lowest BCUT2D eigenvalue weighted by molar-refractivity contribution is -0.147. The Morgan fingerprint density at radius 3 is 1.62 bits per heavy atom. The fourth-order valence-corrected chi connectivity index (χ4v) is 3.47. The van der Waals surface area contributed by atoms with Crippen LogP contribution in [0.2, 0.25) is 0 Å². The first kappa shape index (κ1) is 34.7. The first-order valence-electron chi connectivity index (χ1n) is 13.3. The van der Waals surface area contributed by atoms with Gasteiger partial charge in [-0.3, -0.25) is 0 Å². The molecule has 0 saturated heterocycles. The highest BCUT2D eigenvalue weighted by Gasteiger charge is 2.41. The number of esters is 1. The van der Waals surface area contributed by atoms with E-state index in [0.29, 0.717) is 4.90 Å². The molecule has 0 aliphatic rings. The number of hydrogen-bond donors (Lipinski definition) is 1. The third-order valence-electron chi connectivity index (χ3n) is 5.04. The number of carbonyl (C=O) groups is 4. The van der Waals surface area contributed by atoms with E-state index in [0.717, 1.165) is 12.7 Å². The molecule has 11 heteroatoms. The van der Waals surface area contributed by atoms with Crippen LogP contribution in [0, 0.1) is 0 Å². The summed E-state index contributed by atoms with van der Waals surface area (Å²) in [7, 11) is 1.12. The highest BCUT2D eigenvalue weighted by Crippen LogP contribution is 2.21. The van der Waals surface area contributed by atoms with Gasteiger partial charge in [0.2, 0.25) is 0 Å². The molecule has 0 bridgehead atoms. The first-order valence-corrected chi connectivity index (χ1v) is 13.3. The van der Waals surface area contributed by atoms with Crippen LogP contribution in [0.4, 0.5) is 14.4 Å². The Labute approximate surface area is 237 Å². The average molecular weight is 567 g/mol. The molecule has 0 saturated carbocycles. The van der Waals surface area contributed by atoms with Crippen LogP contribution in [0.5, 0.6) is 0 Å². The fourth-order valence-electron chi connectivity index (χ4n) is 3.47. The van der Waals surface area contributed by atoms with Crippen LogP contribution in [0.3, 0.4) is 0 Å². The van der Waals surface area contributed by atoms with E-state index in [2.05, 4.69) is 0 Å². The van der Waals surface area contributed by atoms with Gasteiger partial charge in [-0.1, -0.05) is 30.3 Å². The molecule has 1 unspecified atom stereocenters. The van der Waals surface area contributed by atoms with E-state index < -0.39 is 53.2 Å². The van der Waals surface area contributed by atoms with Crippen molar-refractivity contribution in [1.82, 2.24) is 9.80 Å². The predicted octanol–water partition coefficient (Wildman–Crippen LogP) is 5.28. The van der Waals surface area contributed by atoms with Crippen molar-refractivity contribution in [3.63, 3.8) is 0 Å². The van der Waals surface area contributed by atoms with E-state index in [1.807, 2.05) is 30.3 Å². The van der Waals surface area contributed by atoms with Crippen molar-refractivity contribution >= 4 is 24.2 Å². The number of nitrogens with zero attached hydrogens (tertiary/aromatic N) is 2. The molecule has 226 valence electrons. The van der Waals surface area contributed by atoms with Crippen LogP contribution in [-0.2, 0) is 30.3 Å². The molecule has 0 fully saturated rings. The monoisotopic (exact) mass is 566 g/mol. The second-order valence-corrected chi connectivity index (χ2v) is 12.4. The van der Waals surface area contributed by atoms with Gasteiger partial charge in [-0.25, -0.2) is 19.2 Å². The number of imide groups is 1. The van der Waals surface area contributed by atoms with Gasteiger partial charge in [0, 0.05) is 6.54 Å². The van der Waals surface area contributed by atoms with Crippen molar-refractivity contribution in [2.45, 2.75) is 111 Å². The smallest absolute Gasteiger partial charge is 0.420 e. The number of aliphatic hydroxyl groups excluding tert-OH is 1. The van der Waals surface area contributed by atoms with Crippen molar-refractivity contribution in [2.24, 2.45) is 0 Å². The SMILES string of the molecule is COC(=O)[C@H](CCC(O)CN(Cc1ccccc1)C(=O)OC(C)(C)C)N(C(=O)OC(C)(C)C)C(=O)OC(C)(C)C. The van der Waals surface area contributed by atoms with Crippen LogP contribution in [0.15, 0.2) is 30.3 Å². The molecule has 1 aromatic carbocycles. The maximum absolute atomic E-state index is 13.1. The Morgan fingerprint density at radius 1 is 0.750 bits per heavy atom. The second-order valence-electron chi connectivity index (χ2n) is 12.4. The molecule has 3 amide bonds. The number of ether oxygens (including phenoxy) is 4. The molecule has 0 radical (unpaired) electrons. The summed E-state index contributed by atoms with van der Waals surface area (Å²) in [6, 6.07) is 7.76. The van der Waals surface area contributed by atoms with Gasteiger partial charge in [0.1, 0.15) is 22.8 Å². The zero-order chi connectivity index (χ0) is 30.9. The first-order chi connectivity index (χ1) is 18.2. The maximum atomic E-state index is 13.1. The van der Waals surface area contributed by atoms with Gasteiger partial charge in [-0.05, 0) is 80.7 Å². The number of hydrogen-bond acceptors (Lipinski definition) is 9. The quantitative estimate of drug-likeness (QED) is 0.313. The fraction of sp³-hybridized carbons (Fsp3) is 0.655. The molecular weight excluding hydrogens is 520 g/mol. The third kappa shape index (κ3) is 13.1. The Hall–Kier alpha value is -3.34. The molecule has 0 aliphatic carbocycles. The Kier molecular flexibility index (Phi) is 12.4. The number of rotatable bonds is 9. The molecule has 1 N–H and O–H groups in total. The zero-order valence-corrected chi connectivity index (χ0v) is 25.5. The molecule has 1 rings (SSSR count). The summed E-state index contributed by atoms with van der Waals surface area (Å²) in [6.07, 6.45) is -4.20. The van der Waals surface area contributed by atoms with Crippen LogP contribution in [0.1, 0.15) is 80.7 Å². The number of carbonyl (C=O) groups excluding carboxylic acids is 4. The minimum atomic E-state index is -1.45. The summed E-state index contributed by atoms with van der Waals surface area (Å²) in [5.41, 5.74) is -1.87. The molecule has 11 nitrogen and oxygen atoms in total. The van der Waals surface area contributed by atoms with Crippen molar-refractivity contribution in [3.8, 4) is 0 Å². The van der Waals surface area contributed by atoms with Crippen molar-refractivity contribution in [2.75, 3.05) is 13.7 Å². The van der Waals surface area contributed by atoms with E-state index in [-0.39, 0.29) is 25.9 Å². The van der Waals surface area contributed by atoms with Crippen molar-refractivity contribution in [3.05, 3.63) is 35.9 Å². The molecule has 0 aliphatic heterocycles. The molecule has 1 aromatic rings. The van der Waals surface area contributed by atoms with E-state index in [9.17, 15) is 24.3 Å². The summed E-state index contributed by atoms with van der Waals surface area (Å²) >= 11 is 0. The van der Waals surface area contributed by atoms with Gasteiger partial charge in [-0.15, -0.1) is 0 Å². The predicted molar refractivity (Wildman–Crippen MR) is 148 cm³/mol. The standard InChI is InChI=1S/C29H46N2O9/c1-27(2,3)38-24(34)30(18-20-14-12-11-13-15-20)19-21(32)16-17-22(23(33)37-10)31(25(35)39-28(4,5)6)26(36)40-29(7,8)9/h11-15,21-22,32H,16-19H2,1-10H3/t21?,22-/m0/s1. The van der Waals surface area contributed by atoms with E-state index in [1.165, 1.54) is 4.90 Å². The molecule has 0 heterocycles. The Morgan fingerprint density at radius 2 is 1.20 bits per heavy atom. The van der Waals surface area contributed by atoms with Crippen LogP contribution < -0.4 is 0 Å². The number of aliphatic hydroxyl groups is 1. The zero-order valence-electron chi connectivity index (χ0n) is 25.5. The summed E-state index contributed by atoms with van der Waals surface area (Å²) in [5, 5.41) is 10.9. The molecule has 2 atom stereocenters. The van der Waals surface area contributed by atoms with Gasteiger partial charge in [0.05, 0.1) is 19.8 Å². The lowest BCUT2D eigenvalue weighted by Crippen LogP contribution is -2.52. The van der Waals surface area contributed by atoms with Gasteiger partial charge < -0.3 is 29.0 Å². The molecule has 40 heavy (non-hydrogen) atoms. The van der Waals surface area contributed by atoms with Crippen LogP contribution >= 0.6 is 0 Å². The van der Waals surface area contributed by atoms with E-state index >= 15 is 0 Å². The summed E-state index contributed by atoms with van der Waals surface area (Å²) < 4.78 is 21.1. The van der Waals surface area contributed by atoms with E-state index in [1.54, 1.807) is 62.3 Å². The lowest BCUT2D eigenvalue weighted by atomic mass is 10.1. The minimum Gasteiger partial charge on any atom is -0.467 e. The van der Waals surface area contributed by atoms with Crippen molar-refractivity contribution < 1.29 is 43.2 Å². The maximum Gasteiger partial charge on any atom is 0.420 e. The minimum absolute atomic E-state index is 0.0735. The summed E-state index contributed by atoms with van der Waals surface area (Å²) in [4.78, 5) is 53.8. The Balaban J connectivity index is 3.19. The number of benzene rings is 1. The van der Waals surface area contributed by atoms with Crippen LogP contribution in [-0.4, -0.2) is 81.8 Å². The molecule has 0 aromatic heterocycles. The van der Waals surface area contributed by atoms with Crippen LogP contribution in [0.25, 0.3) is 0 Å². The highest BCUT2D eigenvalue weighted by atomic mass is 16.6. The van der Waals surface area contributed by atoms with E-state index in [4.69, 9.17) is 18.9 Å². The molecular formula is C29H46N2O9. The normalized spacial score (nSPS) is 13.5. The largest absolute Gasteiger partial charge is 0.467 e. The summed E-state index contributed by atoms with van der Waals surface area (Å²) in [5.74, 6) is -0.891. The number of methoxy groups -OCH3 is 1. The summed E-state index contributed by atoms with van der Waals surface area (Å²) in [6.45, 7) is 15.0. The number of amides is 3. The second kappa shape index (κ2) is 14.3. The molecule has 0 spiro atoms. The highest BCUT2D eigenvalue weighted by molar-refractivity contribution is 5.94. The third-order valence-corrected chi connectivity index (χ3v) is 5.04. The van der Waals surface area contributed by atoms with Gasteiger partial charge >= 0.3 is 24.2 Å². The van der Waals surface area contributed by atoms with Crippen molar-refractivity contribution in [1.29, 1.82) is 0 Å². The lowest BCUT2D eigenvalue weighted by Gasteiger charge is -2.33. The van der Waals surface area contributed by atoms with Gasteiger partial charge in [0.15, 0.2) is 0 Å². The van der Waals surface area contributed by atoms with Gasteiger partial charge in [-0.2, -0.15) is 4.90 Å². The Bertz CT molecular complexity index is 963. The average Bonchev–Trinajstić information content (AvgIpc) is 2.77. The topological polar surface area (TPSA) is 132 Å².